The van der Waals surface area contributed by atoms with E-state index in [-0.39, 0.29) is 18.3 Å². The molecule has 2 heterocycles. The first kappa shape index (κ1) is 14.0. The van der Waals surface area contributed by atoms with Gasteiger partial charge in [-0.05, 0) is 26.3 Å². The molecule has 1 aromatic rings. The Balaban J connectivity index is 0.00000144. The van der Waals surface area contributed by atoms with Gasteiger partial charge in [0.05, 0.1) is 11.8 Å². The van der Waals surface area contributed by atoms with Gasteiger partial charge in [-0.2, -0.15) is 5.10 Å². The summed E-state index contributed by atoms with van der Waals surface area (Å²) >= 11 is 0. The number of aromatic nitrogens is 2. The van der Waals surface area contributed by atoms with Crippen molar-refractivity contribution in [1.82, 2.24) is 20.4 Å². The molecule has 0 bridgehead atoms. The van der Waals surface area contributed by atoms with E-state index in [2.05, 4.69) is 15.7 Å². The van der Waals surface area contributed by atoms with Crippen molar-refractivity contribution in [2.75, 3.05) is 13.1 Å². The third-order valence-corrected chi connectivity index (χ3v) is 3.15. The highest BCUT2D eigenvalue weighted by Crippen LogP contribution is 2.06. The highest BCUT2D eigenvalue weighted by atomic mass is 35.5. The summed E-state index contributed by atoms with van der Waals surface area (Å²) in [6, 6.07) is 0.431. The molecule has 1 amide bonds. The average molecular weight is 259 g/mol. The van der Waals surface area contributed by atoms with E-state index >= 15 is 0 Å². The lowest BCUT2D eigenvalue weighted by Gasteiger charge is -2.11. The third kappa shape index (κ3) is 3.20. The molecule has 0 saturated carbocycles. The maximum Gasteiger partial charge on any atom is 0.254 e. The Morgan fingerprint density at radius 1 is 1.71 bits per heavy atom. The first-order chi connectivity index (χ1) is 7.68. The zero-order valence-electron chi connectivity index (χ0n) is 10.2. The third-order valence-electron chi connectivity index (χ3n) is 3.15. The van der Waals surface area contributed by atoms with Crippen LogP contribution in [-0.2, 0) is 7.05 Å². The Bertz CT molecular complexity index is 385. The maximum atomic E-state index is 11.8. The Morgan fingerprint density at radius 3 is 3.00 bits per heavy atom. The van der Waals surface area contributed by atoms with E-state index in [4.69, 9.17) is 0 Å². The van der Waals surface area contributed by atoms with Crippen LogP contribution in [0.25, 0.3) is 0 Å². The van der Waals surface area contributed by atoms with Crippen molar-refractivity contribution in [3.05, 3.63) is 17.5 Å². The molecule has 2 rings (SSSR count). The fourth-order valence-electron chi connectivity index (χ4n) is 1.96. The number of nitrogens with one attached hydrogen (secondary N) is 2. The van der Waals surface area contributed by atoms with Crippen molar-refractivity contribution in [2.45, 2.75) is 25.8 Å². The first-order valence-corrected chi connectivity index (χ1v) is 5.68. The van der Waals surface area contributed by atoms with Crippen molar-refractivity contribution in [3.8, 4) is 0 Å². The van der Waals surface area contributed by atoms with Gasteiger partial charge in [0, 0.05) is 25.3 Å². The van der Waals surface area contributed by atoms with Crippen LogP contribution in [0.15, 0.2) is 6.20 Å². The topological polar surface area (TPSA) is 59.0 Å². The number of aryl methyl sites for hydroxylation is 1. The van der Waals surface area contributed by atoms with Crippen molar-refractivity contribution in [1.29, 1.82) is 0 Å². The molecular formula is C11H19ClN4O. The van der Waals surface area contributed by atoms with Crippen molar-refractivity contribution >= 4 is 18.3 Å². The van der Waals surface area contributed by atoms with Gasteiger partial charge in [0.15, 0.2) is 0 Å². The van der Waals surface area contributed by atoms with Crippen LogP contribution in [0.2, 0.25) is 0 Å². The lowest BCUT2D eigenvalue weighted by atomic mass is 10.2. The summed E-state index contributed by atoms with van der Waals surface area (Å²) in [5, 5.41) is 10.3. The largest absolute Gasteiger partial charge is 0.350 e. The van der Waals surface area contributed by atoms with E-state index in [1.807, 2.05) is 14.0 Å². The van der Waals surface area contributed by atoms with Gasteiger partial charge in [-0.15, -0.1) is 12.4 Å². The number of nitrogens with zero attached hydrogens (tertiary/aromatic N) is 2. The van der Waals surface area contributed by atoms with E-state index in [0.29, 0.717) is 18.2 Å². The molecule has 17 heavy (non-hydrogen) atoms. The van der Waals surface area contributed by atoms with Gasteiger partial charge in [-0.3, -0.25) is 9.48 Å². The Labute approximate surface area is 107 Å². The molecule has 1 aromatic heterocycles. The van der Waals surface area contributed by atoms with Crippen molar-refractivity contribution in [3.63, 3.8) is 0 Å². The summed E-state index contributed by atoms with van der Waals surface area (Å²) in [5.41, 5.74) is 1.57. The Hall–Kier alpha value is -1.07. The molecule has 0 radical (unpaired) electrons. The molecule has 5 nitrogen and oxygen atoms in total. The Morgan fingerprint density at radius 2 is 2.47 bits per heavy atom. The molecule has 96 valence electrons. The smallest absolute Gasteiger partial charge is 0.254 e. The van der Waals surface area contributed by atoms with Crippen LogP contribution in [0, 0.1) is 6.92 Å². The second kappa shape index (κ2) is 6.02. The van der Waals surface area contributed by atoms with E-state index in [1.54, 1.807) is 10.9 Å². The summed E-state index contributed by atoms with van der Waals surface area (Å²) in [7, 11) is 1.84. The molecule has 1 aliphatic heterocycles. The lowest BCUT2D eigenvalue weighted by molar-refractivity contribution is 0.0949. The normalized spacial score (nSPS) is 18.8. The van der Waals surface area contributed by atoms with Crippen molar-refractivity contribution in [2.24, 2.45) is 7.05 Å². The number of rotatable bonds is 3. The SMILES string of the molecule is Cc1c(C(=O)NCC2CCCN2)cnn1C.Cl. The number of halogens is 1. The Kier molecular flexibility index (Phi) is 4.96. The molecule has 0 spiro atoms. The molecular weight excluding hydrogens is 240 g/mol. The molecule has 2 N–H and O–H groups in total. The molecule has 1 aliphatic rings. The number of hydrogen-bond acceptors (Lipinski definition) is 3. The number of hydrogen-bond donors (Lipinski definition) is 2. The first-order valence-electron chi connectivity index (χ1n) is 5.68. The molecule has 6 heteroatoms. The fourth-order valence-corrected chi connectivity index (χ4v) is 1.96. The van der Waals surface area contributed by atoms with Gasteiger partial charge in [0.1, 0.15) is 0 Å². The number of carbonyl (C=O) groups is 1. The van der Waals surface area contributed by atoms with Gasteiger partial charge in [0.2, 0.25) is 0 Å². The van der Waals surface area contributed by atoms with Crippen molar-refractivity contribution < 1.29 is 4.79 Å². The maximum absolute atomic E-state index is 11.8. The molecule has 1 saturated heterocycles. The monoisotopic (exact) mass is 258 g/mol. The summed E-state index contributed by atoms with van der Waals surface area (Å²) in [6.45, 7) is 3.66. The summed E-state index contributed by atoms with van der Waals surface area (Å²) in [4.78, 5) is 11.8. The highest BCUT2D eigenvalue weighted by molar-refractivity contribution is 5.95. The van der Waals surface area contributed by atoms with Gasteiger partial charge in [-0.25, -0.2) is 0 Å². The zero-order valence-corrected chi connectivity index (χ0v) is 11.0. The van der Waals surface area contributed by atoms with Gasteiger partial charge < -0.3 is 10.6 Å². The van der Waals surface area contributed by atoms with E-state index < -0.39 is 0 Å². The van der Waals surface area contributed by atoms with Crippen LogP contribution < -0.4 is 10.6 Å². The van der Waals surface area contributed by atoms with E-state index in [9.17, 15) is 4.79 Å². The van der Waals surface area contributed by atoms with Gasteiger partial charge in [-0.1, -0.05) is 0 Å². The van der Waals surface area contributed by atoms with Gasteiger partial charge in [0.25, 0.3) is 5.91 Å². The predicted molar refractivity (Wildman–Crippen MR) is 68.6 cm³/mol. The molecule has 0 aliphatic carbocycles. The fraction of sp³-hybridized carbons (Fsp3) is 0.636. The van der Waals surface area contributed by atoms with Crippen LogP contribution in [0.4, 0.5) is 0 Å². The van der Waals surface area contributed by atoms with Gasteiger partial charge >= 0.3 is 0 Å². The second-order valence-electron chi connectivity index (χ2n) is 4.27. The minimum absolute atomic E-state index is 0. The molecule has 1 atom stereocenters. The van der Waals surface area contributed by atoms with Crippen LogP contribution in [0.1, 0.15) is 28.9 Å². The predicted octanol–water partition coefficient (Wildman–Crippen LogP) is 0.632. The quantitative estimate of drug-likeness (QED) is 0.836. The van der Waals surface area contributed by atoms with E-state index in [1.165, 1.54) is 6.42 Å². The summed E-state index contributed by atoms with van der Waals surface area (Å²) in [5.74, 6) is -0.0284. The van der Waals surface area contributed by atoms with Crippen LogP contribution in [-0.4, -0.2) is 34.8 Å². The number of carbonyl (C=O) groups excluding carboxylic acids is 1. The highest BCUT2D eigenvalue weighted by Gasteiger charge is 2.17. The standard InChI is InChI=1S/C11H18N4O.ClH/c1-8-10(7-14-15(8)2)11(16)13-6-9-4-3-5-12-9;/h7,9,12H,3-6H2,1-2H3,(H,13,16);1H. The minimum atomic E-state index is -0.0284. The summed E-state index contributed by atoms with van der Waals surface area (Å²) in [6.07, 6.45) is 3.96. The zero-order chi connectivity index (χ0) is 11.5. The minimum Gasteiger partial charge on any atom is -0.350 e. The number of amides is 1. The second-order valence-corrected chi connectivity index (χ2v) is 4.27. The summed E-state index contributed by atoms with van der Waals surface area (Å²) < 4.78 is 1.71. The van der Waals surface area contributed by atoms with Crippen LogP contribution >= 0.6 is 12.4 Å². The average Bonchev–Trinajstić information content (AvgIpc) is 2.88. The van der Waals surface area contributed by atoms with Crippen LogP contribution in [0.3, 0.4) is 0 Å². The molecule has 1 unspecified atom stereocenters. The molecule has 1 fully saturated rings. The lowest BCUT2D eigenvalue weighted by Crippen LogP contribution is -2.37. The molecule has 0 aromatic carbocycles. The van der Waals surface area contributed by atoms with Crippen LogP contribution in [0.5, 0.6) is 0 Å². The van der Waals surface area contributed by atoms with E-state index in [0.717, 1.165) is 18.7 Å².